The number of aromatic nitrogens is 1. The van der Waals surface area contributed by atoms with Crippen LogP contribution in [0.5, 0.6) is 5.88 Å². The van der Waals surface area contributed by atoms with Gasteiger partial charge in [-0.2, -0.15) is 0 Å². The van der Waals surface area contributed by atoms with E-state index in [1.54, 1.807) is 25.4 Å². The minimum absolute atomic E-state index is 0.243. The lowest BCUT2D eigenvalue weighted by Crippen LogP contribution is -2.30. The molecule has 104 valence electrons. The second-order valence-corrected chi connectivity index (χ2v) is 4.21. The summed E-state index contributed by atoms with van der Waals surface area (Å²) in [7, 11) is 1.55. The van der Waals surface area contributed by atoms with Crippen molar-refractivity contribution in [2.45, 2.75) is 6.42 Å². The topological polar surface area (TPSA) is 63.2 Å². The average Bonchev–Trinajstić information content (AvgIpc) is 2.49. The van der Waals surface area contributed by atoms with E-state index in [4.69, 9.17) is 4.74 Å². The van der Waals surface area contributed by atoms with Crippen molar-refractivity contribution in [3.63, 3.8) is 0 Å². The van der Waals surface area contributed by atoms with Crippen LogP contribution < -0.4 is 15.4 Å². The third-order valence-electron chi connectivity index (χ3n) is 2.75. The number of hydrogen-bond donors (Lipinski definition) is 2. The zero-order chi connectivity index (χ0) is 14.2. The predicted octanol–water partition coefficient (Wildman–Crippen LogP) is 2.45. The molecule has 2 N–H and O–H groups in total. The van der Waals surface area contributed by atoms with E-state index >= 15 is 0 Å². The maximum absolute atomic E-state index is 11.7. The van der Waals surface area contributed by atoms with Crippen LogP contribution in [0, 0.1) is 0 Å². The Morgan fingerprint density at radius 2 is 2.00 bits per heavy atom. The van der Waals surface area contributed by atoms with Crippen LogP contribution in [0.1, 0.15) is 5.56 Å². The minimum atomic E-state index is -0.243. The number of methoxy groups -OCH3 is 1. The Morgan fingerprint density at radius 3 is 2.65 bits per heavy atom. The summed E-state index contributed by atoms with van der Waals surface area (Å²) in [5.41, 5.74) is 1.82. The highest BCUT2D eigenvalue weighted by atomic mass is 16.5. The van der Waals surface area contributed by atoms with Crippen molar-refractivity contribution in [1.82, 2.24) is 10.3 Å². The molecule has 0 unspecified atom stereocenters. The van der Waals surface area contributed by atoms with E-state index in [-0.39, 0.29) is 6.03 Å². The maximum Gasteiger partial charge on any atom is 0.319 e. The number of pyridine rings is 1. The molecule has 1 aromatic heterocycles. The number of rotatable bonds is 5. The molecule has 2 rings (SSSR count). The summed E-state index contributed by atoms with van der Waals surface area (Å²) >= 11 is 0. The van der Waals surface area contributed by atoms with Crippen molar-refractivity contribution in [3.05, 3.63) is 54.2 Å². The lowest BCUT2D eigenvalue weighted by atomic mass is 10.1. The van der Waals surface area contributed by atoms with Gasteiger partial charge in [0.15, 0.2) is 0 Å². The molecule has 0 aliphatic rings. The van der Waals surface area contributed by atoms with Crippen LogP contribution in [-0.2, 0) is 6.42 Å². The highest BCUT2D eigenvalue weighted by Crippen LogP contribution is 2.10. The van der Waals surface area contributed by atoms with Crippen molar-refractivity contribution in [2.24, 2.45) is 0 Å². The summed E-state index contributed by atoms with van der Waals surface area (Å²) in [6.45, 7) is 0.583. The standard InChI is InChI=1S/C15H17N3O2/c1-20-14-8-7-13(11-17-14)18-15(19)16-10-9-12-5-3-2-4-6-12/h2-8,11H,9-10H2,1H3,(H2,16,18,19). The molecule has 5 nitrogen and oxygen atoms in total. The Kier molecular flexibility index (Phi) is 4.94. The summed E-state index contributed by atoms with van der Waals surface area (Å²) < 4.78 is 4.95. The number of benzene rings is 1. The number of carbonyl (C=O) groups excluding carboxylic acids is 1. The van der Waals surface area contributed by atoms with Crippen molar-refractivity contribution >= 4 is 11.7 Å². The number of urea groups is 1. The molecular formula is C15H17N3O2. The lowest BCUT2D eigenvalue weighted by molar-refractivity contribution is 0.252. The quantitative estimate of drug-likeness (QED) is 0.878. The van der Waals surface area contributed by atoms with Gasteiger partial charge in [0.1, 0.15) is 0 Å². The third kappa shape index (κ3) is 4.28. The van der Waals surface area contributed by atoms with Gasteiger partial charge in [0.2, 0.25) is 5.88 Å². The maximum atomic E-state index is 11.7. The van der Waals surface area contributed by atoms with E-state index < -0.39 is 0 Å². The summed E-state index contributed by atoms with van der Waals surface area (Å²) in [6, 6.07) is 13.2. The van der Waals surface area contributed by atoms with Crippen LogP contribution >= 0.6 is 0 Å². The number of carbonyl (C=O) groups is 1. The van der Waals surface area contributed by atoms with Crippen molar-refractivity contribution in [3.8, 4) is 5.88 Å². The molecule has 0 aliphatic heterocycles. The molecule has 20 heavy (non-hydrogen) atoms. The Bertz CT molecular complexity index is 541. The molecule has 1 aromatic carbocycles. The first-order valence-electron chi connectivity index (χ1n) is 6.37. The fourth-order valence-corrected chi connectivity index (χ4v) is 1.72. The molecule has 0 fully saturated rings. The smallest absolute Gasteiger partial charge is 0.319 e. The summed E-state index contributed by atoms with van der Waals surface area (Å²) in [4.78, 5) is 15.7. The van der Waals surface area contributed by atoms with Crippen LogP contribution in [0.3, 0.4) is 0 Å². The van der Waals surface area contributed by atoms with Gasteiger partial charge >= 0.3 is 6.03 Å². The minimum Gasteiger partial charge on any atom is -0.481 e. The molecule has 0 saturated carbocycles. The lowest BCUT2D eigenvalue weighted by Gasteiger charge is -2.07. The molecule has 1 heterocycles. The molecule has 0 atom stereocenters. The monoisotopic (exact) mass is 271 g/mol. The molecule has 5 heteroatoms. The van der Waals surface area contributed by atoms with Crippen LogP contribution in [0.2, 0.25) is 0 Å². The number of nitrogens with one attached hydrogen (secondary N) is 2. The van der Waals surface area contributed by atoms with E-state index in [1.807, 2.05) is 30.3 Å². The van der Waals surface area contributed by atoms with Gasteiger partial charge < -0.3 is 15.4 Å². The zero-order valence-electron chi connectivity index (χ0n) is 11.3. The van der Waals surface area contributed by atoms with Crippen LogP contribution in [0.4, 0.5) is 10.5 Å². The molecule has 0 bridgehead atoms. The van der Waals surface area contributed by atoms with Crippen LogP contribution in [0.15, 0.2) is 48.7 Å². The van der Waals surface area contributed by atoms with Gasteiger partial charge in [0, 0.05) is 12.6 Å². The van der Waals surface area contributed by atoms with Gasteiger partial charge in [0.05, 0.1) is 19.0 Å². The highest BCUT2D eigenvalue weighted by Gasteiger charge is 2.02. The van der Waals surface area contributed by atoms with Gasteiger partial charge in [-0.05, 0) is 18.1 Å². The fraction of sp³-hybridized carbons (Fsp3) is 0.200. The average molecular weight is 271 g/mol. The van der Waals surface area contributed by atoms with E-state index in [9.17, 15) is 4.79 Å². The first kappa shape index (κ1) is 13.9. The molecule has 0 spiro atoms. The molecule has 2 aromatic rings. The van der Waals surface area contributed by atoms with E-state index in [1.165, 1.54) is 5.56 Å². The first-order valence-corrected chi connectivity index (χ1v) is 6.37. The predicted molar refractivity (Wildman–Crippen MR) is 78.0 cm³/mol. The Hall–Kier alpha value is -2.56. The second-order valence-electron chi connectivity index (χ2n) is 4.21. The Labute approximate surface area is 118 Å². The Balaban J connectivity index is 1.74. The highest BCUT2D eigenvalue weighted by molar-refractivity contribution is 5.88. The van der Waals surface area contributed by atoms with Crippen molar-refractivity contribution in [2.75, 3.05) is 19.0 Å². The molecule has 0 radical (unpaired) electrons. The van der Waals surface area contributed by atoms with Gasteiger partial charge in [-0.1, -0.05) is 30.3 Å². The van der Waals surface area contributed by atoms with Gasteiger partial charge in [-0.25, -0.2) is 9.78 Å². The number of amides is 2. The van der Waals surface area contributed by atoms with Crippen LogP contribution in [0.25, 0.3) is 0 Å². The van der Waals surface area contributed by atoms with Crippen LogP contribution in [-0.4, -0.2) is 24.7 Å². The summed E-state index contributed by atoms with van der Waals surface area (Å²) in [5.74, 6) is 0.514. The molecular weight excluding hydrogens is 254 g/mol. The number of hydrogen-bond acceptors (Lipinski definition) is 3. The zero-order valence-corrected chi connectivity index (χ0v) is 11.3. The second kappa shape index (κ2) is 7.13. The van der Waals surface area contributed by atoms with Gasteiger partial charge in [-0.15, -0.1) is 0 Å². The van der Waals surface area contributed by atoms with Crippen molar-refractivity contribution in [1.29, 1.82) is 0 Å². The number of anilines is 1. The van der Waals surface area contributed by atoms with E-state index in [0.29, 0.717) is 18.1 Å². The van der Waals surface area contributed by atoms with E-state index in [2.05, 4.69) is 15.6 Å². The van der Waals surface area contributed by atoms with Gasteiger partial charge in [-0.3, -0.25) is 0 Å². The third-order valence-corrected chi connectivity index (χ3v) is 2.75. The molecule has 0 saturated heterocycles. The van der Waals surface area contributed by atoms with Crippen molar-refractivity contribution < 1.29 is 9.53 Å². The first-order chi connectivity index (χ1) is 9.78. The molecule has 0 aliphatic carbocycles. The summed E-state index contributed by atoms with van der Waals surface area (Å²) in [5, 5.41) is 5.51. The normalized spacial score (nSPS) is 9.85. The largest absolute Gasteiger partial charge is 0.481 e. The number of nitrogens with zero attached hydrogens (tertiary/aromatic N) is 1. The molecule has 2 amide bonds. The van der Waals surface area contributed by atoms with E-state index in [0.717, 1.165) is 6.42 Å². The SMILES string of the molecule is COc1ccc(NC(=O)NCCc2ccccc2)cn1. The number of ether oxygens (including phenoxy) is 1. The Morgan fingerprint density at radius 1 is 1.20 bits per heavy atom. The fourth-order valence-electron chi connectivity index (χ4n) is 1.72. The summed E-state index contributed by atoms with van der Waals surface area (Å²) in [6.07, 6.45) is 2.35. The van der Waals surface area contributed by atoms with Gasteiger partial charge in [0.25, 0.3) is 0 Å².